The van der Waals surface area contributed by atoms with E-state index < -0.39 is 10.0 Å². The van der Waals surface area contributed by atoms with Crippen LogP contribution in [0.2, 0.25) is 0 Å². The Bertz CT molecular complexity index is 550. The van der Waals surface area contributed by atoms with E-state index in [0.29, 0.717) is 17.4 Å². The van der Waals surface area contributed by atoms with Crippen molar-refractivity contribution in [3.63, 3.8) is 0 Å². The van der Waals surface area contributed by atoms with Crippen molar-refractivity contribution in [1.82, 2.24) is 4.72 Å². The van der Waals surface area contributed by atoms with Crippen molar-refractivity contribution >= 4 is 10.0 Å². The monoisotopic (exact) mass is 367 g/mol. The summed E-state index contributed by atoms with van der Waals surface area (Å²) in [6, 6.07) is 7.28. The van der Waals surface area contributed by atoms with Gasteiger partial charge in [0.1, 0.15) is 0 Å². The van der Waals surface area contributed by atoms with E-state index in [2.05, 4.69) is 25.5 Å². The van der Waals surface area contributed by atoms with E-state index in [1.807, 2.05) is 12.1 Å². The molecule has 0 radical (unpaired) electrons. The van der Waals surface area contributed by atoms with Crippen molar-refractivity contribution in [2.45, 2.75) is 89.9 Å². The molecule has 1 rings (SSSR count). The quantitative estimate of drug-likeness (QED) is 0.429. The van der Waals surface area contributed by atoms with Gasteiger partial charge in [-0.1, -0.05) is 84.3 Å². The molecule has 0 saturated heterocycles. The van der Waals surface area contributed by atoms with E-state index in [1.165, 1.54) is 50.5 Å². The summed E-state index contributed by atoms with van der Waals surface area (Å²) in [6.45, 7) is 7.10. The Morgan fingerprint density at radius 2 is 1.36 bits per heavy atom. The molecule has 0 unspecified atom stereocenters. The van der Waals surface area contributed by atoms with E-state index >= 15 is 0 Å². The van der Waals surface area contributed by atoms with E-state index in [4.69, 9.17) is 0 Å². The highest BCUT2D eigenvalue weighted by atomic mass is 32.2. The molecule has 0 saturated carbocycles. The van der Waals surface area contributed by atoms with Crippen molar-refractivity contribution < 1.29 is 8.42 Å². The van der Waals surface area contributed by atoms with E-state index in [1.54, 1.807) is 12.1 Å². The zero-order valence-electron chi connectivity index (χ0n) is 16.4. The minimum Gasteiger partial charge on any atom is -0.211 e. The van der Waals surface area contributed by atoms with Crippen LogP contribution in [0.15, 0.2) is 29.2 Å². The Balaban J connectivity index is 2.20. The van der Waals surface area contributed by atoms with Crippen molar-refractivity contribution in [1.29, 1.82) is 0 Å². The number of sulfonamides is 1. The highest BCUT2D eigenvalue weighted by Crippen LogP contribution is 2.14. The first kappa shape index (κ1) is 22.2. The molecule has 1 aromatic rings. The van der Waals surface area contributed by atoms with Gasteiger partial charge >= 0.3 is 0 Å². The summed E-state index contributed by atoms with van der Waals surface area (Å²) in [5.74, 6) is 0.576. The van der Waals surface area contributed by atoms with Crippen molar-refractivity contribution in [3.8, 4) is 0 Å². The van der Waals surface area contributed by atoms with Gasteiger partial charge in [0.15, 0.2) is 0 Å². The predicted molar refractivity (Wildman–Crippen MR) is 107 cm³/mol. The molecule has 0 aromatic heterocycles. The molecule has 1 aromatic carbocycles. The number of unbranched alkanes of at least 4 members (excludes halogenated alkanes) is 8. The molecule has 0 amide bonds. The molecule has 4 heteroatoms. The first-order valence-corrected chi connectivity index (χ1v) is 11.5. The summed E-state index contributed by atoms with van der Waals surface area (Å²) in [4.78, 5) is 0.371. The number of rotatable bonds is 14. The fraction of sp³-hybridized carbons (Fsp3) is 0.714. The smallest absolute Gasteiger partial charge is 0.211 e. The lowest BCUT2D eigenvalue weighted by Gasteiger charge is -2.09. The van der Waals surface area contributed by atoms with E-state index in [9.17, 15) is 8.42 Å². The van der Waals surface area contributed by atoms with E-state index in [-0.39, 0.29) is 0 Å². The topological polar surface area (TPSA) is 46.2 Å². The van der Waals surface area contributed by atoms with Crippen LogP contribution in [0.3, 0.4) is 0 Å². The van der Waals surface area contributed by atoms with Crippen molar-refractivity contribution in [2.75, 3.05) is 6.54 Å². The highest BCUT2D eigenvalue weighted by Gasteiger charge is 2.13. The maximum absolute atomic E-state index is 12.3. The molecular weight excluding hydrogens is 330 g/mol. The van der Waals surface area contributed by atoms with Crippen LogP contribution in [-0.4, -0.2) is 15.0 Å². The summed E-state index contributed by atoms with van der Waals surface area (Å²) >= 11 is 0. The first-order chi connectivity index (χ1) is 12.0. The highest BCUT2D eigenvalue weighted by molar-refractivity contribution is 7.89. The molecule has 3 nitrogen and oxygen atoms in total. The fourth-order valence-corrected chi connectivity index (χ4v) is 4.08. The minimum absolute atomic E-state index is 0.371. The van der Waals surface area contributed by atoms with Crippen molar-refractivity contribution in [3.05, 3.63) is 29.8 Å². The second kappa shape index (κ2) is 12.5. The van der Waals surface area contributed by atoms with Gasteiger partial charge in [0.2, 0.25) is 10.0 Å². The van der Waals surface area contributed by atoms with Crippen LogP contribution in [0.4, 0.5) is 0 Å². The molecule has 25 heavy (non-hydrogen) atoms. The maximum Gasteiger partial charge on any atom is 0.240 e. The summed E-state index contributed by atoms with van der Waals surface area (Å²) < 4.78 is 27.3. The van der Waals surface area contributed by atoms with Crippen LogP contribution in [0.1, 0.15) is 84.1 Å². The second-order valence-corrected chi connectivity index (χ2v) is 9.24. The van der Waals surface area contributed by atoms with Gasteiger partial charge in [0.05, 0.1) is 4.90 Å². The Morgan fingerprint density at radius 3 is 1.88 bits per heavy atom. The zero-order valence-corrected chi connectivity index (χ0v) is 17.2. The zero-order chi connectivity index (χ0) is 18.5. The van der Waals surface area contributed by atoms with Crippen LogP contribution in [-0.2, 0) is 16.4 Å². The second-order valence-electron chi connectivity index (χ2n) is 7.47. The maximum atomic E-state index is 12.3. The Morgan fingerprint density at radius 1 is 0.840 bits per heavy atom. The molecule has 0 heterocycles. The average molecular weight is 368 g/mol. The van der Waals surface area contributed by atoms with Crippen LogP contribution in [0, 0.1) is 5.92 Å². The van der Waals surface area contributed by atoms with Gasteiger partial charge in [-0.15, -0.1) is 0 Å². The average Bonchev–Trinajstić information content (AvgIpc) is 2.56. The molecule has 0 fully saturated rings. The van der Waals surface area contributed by atoms with Crippen LogP contribution < -0.4 is 4.72 Å². The fourth-order valence-electron chi connectivity index (χ4n) is 3.00. The lowest BCUT2D eigenvalue weighted by Crippen LogP contribution is -2.24. The number of hydrogen-bond acceptors (Lipinski definition) is 2. The molecule has 144 valence electrons. The predicted octanol–water partition coefficient (Wildman–Crippen LogP) is 5.69. The summed E-state index contributed by atoms with van der Waals surface area (Å²) in [5.41, 5.74) is 1.19. The van der Waals surface area contributed by atoms with Crippen LogP contribution >= 0.6 is 0 Å². The first-order valence-electron chi connectivity index (χ1n) is 10.0. The lowest BCUT2D eigenvalue weighted by atomic mass is 10.0. The van der Waals surface area contributed by atoms with Crippen molar-refractivity contribution in [2.24, 2.45) is 5.92 Å². The Hall–Kier alpha value is -0.870. The normalized spacial score (nSPS) is 12.0. The number of hydrogen-bond donors (Lipinski definition) is 1. The molecule has 0 bridgehead atoms. The van der Waals surface area contributed by atoms with Crippen LogP contribution in [0.5, 0.6) is 0 Å². The molecule has 0 aliphatic heterocycles. The van der Waals surface area contributed by atoms with Gasteiger partial charge in [0.25, 0.3) is 0 Å². The van der Waals surface area contributed by atoms with Crippen LogP contribution in [0.25, 0.3) is 0 Å². The third kappa shape index (κ3) is 10.0. The Labute approximate surface area is 155 Å². The molecule has 0 aliphatic rings. The molecule has 1 N–H and O–H groups in total. The van der Waals surface area contributed by atoms with Gasteiger partial charge in [0, 0.05) is 6.54 Å². The number of benzene rings is 1. The largest absolute Gasteiger partial charge is 0.240 e. The summed E-state index contributed by atoms with van der Waals surface area (Å²) in [7, 11) is -3.36. The lowest BCUT2D eigenvalue weighted by molar-refractivity contribution is 0.554. The summed E-state index contributed by atoms with van der Waals surface area (Å²) in [5, 5.41) is 0. The Kier molecular flexibility index (Phi) is 11.1. The molecule has 0 spiro atoms. The van der Waals surface area contributed by atoms with Gasteiger partial charge in [-0.25, -0.2) is 13.1 Å². The third-order valence-electron chi connectivity index (χ3n) is 4.45. The summed E-state index contributed by atoms with van der Waals surface area (Å²) in [6.07, 6.45) is 12.1. The minimum atomic E-state index is -3.36. The molecular formula is C21H37NO2S. The van der Waals surface area contributed by atoms with Gasteiger partial charge in [-0.2, -0.15) is 0 Å². The van der Waals surface area contributed by atoms with Gasteiger partial charge in [-0.05, 0) is 36.5 Å². The van der Waals surface area contributed by atoms with E-state index in [0.717, 1.165) is 19.3 Å². The molecule has 0 atom stereocenters. The van der Waals surface area contributed by atoms with Gasteiger partial charge in [-0.3, -0.25) is 0 Å². The standard InChI is InChI=1S/C21H37NO2S/c1-4-5-6-7-8-9-10-11-12-17-22-25(23,24)21-15-13-20(14-16-21)18-19(2)3/h13-16,19,22H,4-12,17-18H2,1-3H3. The van der Waals surface area contributed by atoms with Gasteiger partial charge < -0.3 is 0 Å². The number of nitrogens with one attached hydrogen (secondary N) is 1. The molecule has 0 aliphatic carbocycles. The SMILES string of the molecule is CCCCCCCCCCCNS(=O)(=O)c1ccc(CC(C)C)cc1. The third-order valence-corrected chi connectivity index (χ3v) is 5.93.